The molecule has 4 aromatic rings. The fourth-order valence-corrected chi connectivity index (χ4v) is 2.97. The van der Waals surface area contributed by atoms with Crippen molar-refractivity contribution < 1.29 is 4.74 Å². The molecule has 0 aliphatic heterocycles. The summed E-state index contributed by atoms with van der Waals surface area (Å²) < 4.78 is 6.93. The van der Waals surface area contributed by atoms with Gasteiger partial charge < -0.3 is 4.74 Å². The van der Waals surface area contributed by atoms with E-state index in [1.165, 1.54) is 11.3 Å². The molecule has 0 N–H and O–H groups in total. The minimum atomic E-state index is 0.712. The van der Waals surface area contributed by atoms with Crippen LogP contribution in [0.15, 0.2) is 48.8 Å². The largest absolute Gasteiger partial charge is 0.497 e. The Morgan fingerprint density at radius 2 is 1.91 bits per heavy atom. The monoisotopic (exact) mass is 309 g/mol. The Bertz CT molecular complexity index is 914. The van der Waals surface area contributed by atoms with Crippen LogP contribution >= 0.6 is 11.3 Å². The van der Waals surface area contributed by atoms with Crippen molar-refractivity contribution >= 4 is 16.3 Å². The van der Waals surface area contributed by atoms with E-state index in [4.69, 9.17) is 4.74 Å². The quantitative estimate of drug-likeness (QED) is 0.582. The molecule has 0 bridgehead atoms. The van der Waals surface area contributed by atoms with Crippen molar-refractivity contribution in [2.24, 2.45) is 0 Å². The van der Waals surface area contributed by atoms with Crippen LogP contribution in [0.5, 0.6) is 5.75 Å². The maximum absolute atomic E-state index is 5.17. The number of benzene rings is 1. The van der Waals surface area contributed by atoms with Crippen LogP contribution in [-0.2, 0) is 0 Å². The van der Waals surface area contributed by atoms with Gasteiger partial charge in [0.05, 0.1) is 7.11 Å². The predicted octanol–water partition coefficient (Wildman–Crippen LogP) is 2.92. The van der Waals surface area contributed by atoms with E-state index in [2.05, 4.69) is 20.3 Å². The highest BCUT2D eigenvalue weighted by Gasteiger charge is 2.14. The number of ether oxygens (including phenoxy) is 1. The topological polar surface area (TPSA) is 65.2 Å². The third-order valence-electron chi connectivity index (χ3n) is 3.25. The Morgan fingerprint density at radius 3 is 2.64 bits per heavy atom. The van der Waals surface area contributed by atoms with E-state index < -0.39 is 0 Å². The lowest BCUT2D eigenvalue weighted by molar-refractivity contribution is 0.415. The molecule has 0 atom stereocenters. The van der Waals surface area contributed by atoms with Crippen LogP contribution in [0.3, 0.4) is 0 Å². The maximum Gasteiger partial charge on any atom is 0.235 e. The second-order valence-electron chi connectivity index (χ2n) is 4.60. The van der Waals surface area contributed by atoms with E-state index in [1.807, 2.05) is 36.4 Å². The van der Waals surface area contributed by atoms with Crippen molar-refractivity contribution in [3.63, 3.8) is 0 Å². The molecule has 0 saturated carbocycles. The van der Waals surface area contributed by atoms with Crippen molar-refractivity contribution in [3.05, 3.63) is 48.8 Å². The molecule has 6 nitrogen and oxygen atoms in total. The van der Waals surface area contributed by atoms with E-state index in [0.29, 0.717) is 5.82 Å². The van der Waals surface area contributed by atoms with Gasteiger partial charge in [0.15, 0.2) is 5.82 Å². The first-order valence-corrected chi connectivity index (χ1v) is 7.44. The van der Waals surface area contributed by atoms with Crippen molar-refractivity contribution in [3.8, 4) is 27.7 Å². The molecule has 0 unspecified atom stereocenters. The molecule has 0 saturated heterocycles. The van der Waals surface area contributed by atoms with E-state index >= 15 is 0 Å². The first-order valence-electron chi connectivity index (χ1n) is 6.62. The summed E-state index contributed by atoms with van der Waals surface area (Å²) in [6.45, 7) is 0. The third-order valence-corrected chi connectivity index (χ3v) is 4.20. The molecule has 22 heavy (non-hydrogen) atoms. The summed E-state index contributed by atoms with van der Waals surface area (Å²) in [6.07, 6.45) is 3.53. The van der Waals surface area contributed by atoms with Gasteiger partial charge in [-0.25, -0.2) is 0 Å². The Labute approximate surface area is 130 Å². The van der Waals surface area contributed by atoms with Gasteiger partial charge in [0.25, 0.3) is 0 Å². The Kier molecular flexibility index (Phi) is 3.05. The fourth-order valence-electron chi connectivity index (χ4n) is 2.14. The molecule has 7 heteroatoms. The second kappa shape index (κ2) is 5.19. The number of rotatable bonds is 3. The standard InChI is InChI=1S/C15H11N5OS/c1-21-12-6-4-10(5-7-12)13-17-18-15-20(13)19-14(22-15)11-3-2-8-16-9-11/h2-9H,1H3. The minimum absolute atomic E-state index is 0.712. The average Bonchev–Trinajstić information content (AvgIpc) is 3.16. The molecule has 108 valence electrons. The smallest absolute Gasteiger partial charge is 0.235 e. The lowest BCUT2D eigenvalue weighted by Crippen LogP contribution is -1.91. The van der Waals surface area contributed by atoms with Gasteiger partial charge in [-0.2, -0.15) is 9.61 Å². The number of methoxy groups -OCH3 is 1. The van der Waals surface area contributed by atoms with Gasteiger partial charge in [-0.05, 0) is 36.4 Å². The van der Waals surface area contributed by atoms with Crippen molar-refractivity contribution in [1.82, 2.24) is 24.8 Å². The Hall–Kier alpha value is -2.80. The van der Waals surface area contributed by atoms with Crippen LogP contribution in [0.4, 0.5) is 0 Å². The number of fused-ring (bicyclic) bond motifs is 1. The molecule has 0 fully saturated rings. The van der Waals surface area contributed by atoms with Gasteiger partial charge in [0.2, 0.25) is 4.96 Å². The molecular formula is C15H11N5OS. The molecule has 0 aliphatic carbocycles. The molecular weight excluding hydrogens is 298 g/mol. The highest BCUT2D eigenvalue weighted by atomic mass is 32.1. The molecule has 0 radical (unpaired) electrons. The summed E-state index contributed by atoms with van der Waals surface area (Å²) in [5, 5.41) is 13.9. The highest BCUT2D eigenvalue weighted by Crippen LogP contribution is 2.28. The zero-order valence-electron chi connectivity index (χ0n) is 11.7. The van der Waals surface area contributed by atoms with Crippen LogP contribution in [0, 0.1) is 0 Å². The lowest BCUT2D eigenvalue weighted by Gasteiger charge is -2.00. The summed E-state index contributed by atoms with van der Waals surface area (Å²) in [5.41, 5.74) is 1.91. The molecule has 0 aliphatic rings. The van der Waals surface area contributed by atoms with Crippen LogP contribution in [-0.4, -0.2) is 31.9 Å². The normalized spacial score (nSPS) is 11.0. The number of aromatic nitrogens is 5. The number of nitrogens with zero attached hydrogens (tertiary/aromatic N) is 5. The van der Waals surface area contributed by atoms with E-state index in [9.17, 15) is 0 Å². The molecule has 4 rings (SSSR count). The van der Waals surface area contributed by atoms with Gasteiger partial charge in [-0.1, -0.05) is 11.3 Å². The van der Waals surface area contributed by atoms with Crippen LogP contribution in [0.25, 0.3) is 26.9 Å². The van der Waals surface area contributed by atoms with Crippen molar-refractivity contribution in [2.45, 2.75) is 0 Å². The highest BCUT2D eigenvalue weighted by molar-refractivity contribution is 7.19. The van der Waals surface area contributed by atoms with Gasteiger partial charge >= 0.3 is 0 Å². The van der Waals surface area contributed by atoms with E-state index in [0.717, 1.165) is 26.8 Å². The van der Waals surface area contributed by atoms with Crippen molar-refractivity contribution in [1.29, 1.82) is 0 Å². The fraction of sp³-hybridized carbons (Fsp3) is 0.0667. The summed E-state index contributed by atoms with van der Waals surface area (Å²) in [4.78, 5) is 4.88. The number of pyridine rings is 1. The molecule has 3 aromatic heterocycles. The molecule has 1 aromatic carbocycles. The zero-order chi connectivity index (χ0) is 14.9. The van der Waals surface area contributed by atoms with Gasteiger partial charge in [0.1, 0.15) is 10.8 Å². The van der Waals surface area contributed by atoms with Crippen LogP contribution in [0.1, 0.15) is 0 Å². The molecule has 0 spiro atoms. The summed E-state index contributed by atoms with van der Waals surface area (Å²) in [6, 6.07) is 11.5. The van der Waals surface area contributed by atoms with Crippen LogP contribution < -0.4 is 4.74 Å². The van der Waals surface area contributed by atoms with E-state index in [1.54, 1.807) is 24.0 Å². The lowest BCUT2D eigenvalue weighted by atomic mass is 10.2. The first kappa shape index (κ1) is 12.9. The minimum Gasteiger partial charge on any atom is -0.497 e. The van der Waals surface area contributed by atoms with Gasteiger partial charge in [-0.3, -0.25) is 4.98 Å². The summed E-state index contributed by atoms with van der Waals surface area (Å²) in [7, 11) is 1.64. The number of hydrogen-bond donors (Lipinski definition) is 0. The predicted molar refractivity (Wildman–Crippen MR) is 83.9 cm³/mol. The molecule has 3 heterocycles. The van der Waals surface area contributed by atoms with Crippen molar-refractivity contribution in [2.75, 3.05) is 7.11 Å². The first-order chi connectivity index (χ1) is 10.8. The third kappa shape index (κ3) is 2.11. The summed E-state index contributed by atoms with van der Waals surface area (Å²) >= 11 is 1.49. The van der Waals surface area contributed by atoms with Crippen LogP contribution in [0.2, 0.25) is 0 Å². The van der Waals surface area contributed by atoms with Gasteiger partial charge in [0, 0.05) is 23.5 Å². The Morgan fingerprint density at radius 1 is 1.05 bits per heavy atom. The second-order valence-corrected chi connectivity index (χ2v) is 5.55. The van der Waals surface area contributed by atoms with E-state index in [-0.39, 0.29) is 0 Å². The Balaban J connectivity index is 1.80. The number of hydrogen-bond acceptors (Lipinski definition) is 6. The maximum atomic E-state index is 5.17. The van der Waals surface area contributed by atoms with Gasteiger partial charge in [-0.15, -0.1) is 10.2 Å². The molecule has 0 amide bonds. The average molecular weight is 309 g/mol. The SMILES string of the molecule is COc1ccc(-c2nnc3sc(-c4cccnc4)nn23)cc1. The summed E-state index contributed by atoms with van der Waals surface area (Å²) in [5.74, 6) is 1.52. The zero-order valence-corrected chi connectivity index (χ0v) is 12.5.